The number of hydrogen-bond acceptors (Lipinski definition) is 5. The molecule has 0 spiro atoms. The van der Waals surface area contributed by atoms with E-state index in [1.807, 2.05) is 0 Å². The number of hydrogen-bond donors (Lipinski definition) is 0. The lowest BCUT2D eigenvalue weighted by Crippen LogP contribution is -2.27. The fourth-order valence-corrected chi connectivity index (χ4v) is 3.50. The van der Waals surface area contributed by atoms with Crippen LogP contribution in [0, 0.1) is 0 Å². The van der Waals surface area contributed by atoms with E-state index in [0.29, 0.717) is 12.0 Å². The summed E-state index contributed by atoms with van der Waals surface area (Å²) in [6.07, 6.45) is -8.82. The Morgan fingerprint density at radius 2 is 1.79 bits per heavy atom. The van der Waals surface area contributed by atoms with Gasteiger partial charge in [0.15, 0.2) is 0 Å². The van der Waals surface area contributed by atoms with Crippen LogP contribution in [0.4, 0.5) is 26.3 Å². The van der Waals surface area contributed by atoms with Crippen molar-refractivity contribution in [3.8, 4) is 17.1 Å². The minimum atomic E-state index is -4.81. The summed E-state index contributed by atoms with van der Waals surface area (Å²) in [7, 11) is 0. The zero-order valence-corrected chi connectivity index (χ0v) is 16.7. The smallest absolute Gasteiger partial charge is 0.406 e. The summed E-state index contributed by atoms with van der Waals surface area (Å²) < 4.78 is 84.9. The first-order valence-electron chi connectivity index (χ1n) is 9.65. The minimum Gasteiger partial charge on any atom is -0.406 e. The maximum absolute atomic E-state index is 13.0. The van der Waals surface area contributed by atoms with Crippen LogP contribution >= 0.6 is 0 Å². The molecule has 0 radical (unpaired) electrons. The van der Waals surface area contributed by atoms with Gasteiger partial charge in [0.25, 0.3) is 0 Å². The van der Waals surface area contributed by atoms with Gasteiger partial charge >= 0.3 is 12.5 Å². The first kappa shape index (κ1) is 22.6. The second kappa shape index (κ2) is 8.41. The van der Waals surface area contributed by atoms with E-state index < -0.39 is 29.9 Å². The van der Waals surface area contributed by atoms with Crippen molar-refractivity contribution < 1.29 is 40.4 Å². The van der Waals surface area contributed by atoms with E-state index in [1.54, 1.807) is 0 Å². The molecule has 12 heteroatoms. The van der Waals surface area contributed by atoms with Crippen molar-refractivity contribution in [2.24, 2.45) is 0 Å². The number of benzene rings is 2. The van der Waals surface area contributed by atoms with Crippen LogP contribution in [0.25, 0.3) is 11.4 Å². The molecule has 1 amide bonds. The van der Waals surface area contributed by atoms with Crippen LogP contribution in [0.3, 0.4) is 0 Å². The lowest BCUT2D eigenvalue weighted by molar-refractivity contribution is -0.274. The van der Waals surface area contributed by atoms with Crippen LogP contribution in [0.2, 0.25) is 0 Å². The summed E-state index contributed by atoms with van der Waals surface area (Å²) in [5.74, 6) is -0.609. The highest BCUT2D eigenvalue weighted by molar-refractivity contribution is 5.78. The molecule has 0 saturated carbocycles. The normalized spacial score (nSPS) is 17.0. The molecule has 174 valence electrons. The fourth-order valence-electron chi connectivity index (χ4n) is 3.50. The van der Waals surface area contributed by atoms with Gasteiger partial charge in [0.2, 0.25) is 17.6 Å². The number of amides is 1. The molecule has 33 heavy (non-hydrogen) atoms. The summed E-state index contributed by atoms with van der Waals surface area (Å²) in [5, 5.41) is 3.75. The van der Waals surface area contributed by atoms with Crippen molar-refractivity contribution >= 4 is 5.91 Å². The van der Waals surface area contributed by atoms with Crippen molar-refractivity contribution in [1.82, 2.24) is 15.0 Å². The molecule has 1 fully saturated rings. The Morgan fingerprint density at radius 3 is 2.45 bits per heavy atom. The van der Waals surface area contributed by atoms with E-state index in [4.69, 9.17) is 4.52 Å². The average molecular weight is 471 g/mol. The van der Waals surface area contributed by atoms with E-state index in [0.717, 1.165) is 24.3 Å². The number of aromatic nitrogens is 2. The number of likely N-dealkylation sites (tertiary alicyclic amines) is 1. The highest BCUT2D eigenvalue weighted by Gasteiger charge is 2.36. The molecule has 2 aromatic carbocycles. The monoisotopic (exact) mass is 471 g/mol. The number of carbonyl (C=O) groups is 1. The van der Waals surface area contributed by atoms with Crippen molar-refractivity contribution in [3.05, 3.63) is 65.5 Å². The Morgan fingerprint density at radius 1 is 1.06 bits per heavy atom. The number of nitrogens with zero attached hydrogens (tertiary/aromatic N) is 3. The molecule has 0 aliphatic carbocycles. The SMILES string of the molecule is O=C1CCC(c2nc(-c3cccc(C(F)(F)F)c3)no2)N1Cc1ccc(OC(F)(F)F)cc1. The fraction of sp³-hybridized carbons (Fsp3) is 0.286. The lowest BCUT2D eigenvalue weighted by atomic mass is 10.1. The Balaban J connectivity index is 1.52. The van der Waals surface area contributed by atoms with Crippen molar-refractivity contribution in [1.29, 1.82) is 0 Å². The molecule has 4 rings (SSSR count). The van der Waals surface area contributed by atoms with Gasteiger partial charge in [0, 0.05) is 18.5 Å². The summed E-state index contributed by atoms with van der Waals surface area (Å²) in [6, 6.07) is 8.90. The molecule has 1 saturated heterocycles. The Labute approximate surface area is 182 Å². The number of rotatable bonds is 5. The van der Waals surface area contributed by atoms with E-state index in [-0.39, 0.29) is 36.2 Å². The second-order valence-corrected chi connectivity index (χ2v) is 7.30. The van der Waals surface area contributed by atoms with Gasteiger partial charge in [-0.15, -0.1) is 13.2 Å². The standard InChI is InChI=1S/C21H15F6N3O3/c22-20(23,24)14-3-1-2-13(10-14)18-28-19(33-29-18)16-8-9-17(31)30(16)11-12-4-6-15(7-5-12)32-21(25,26)27/h1-7,10,16H,8-9,11H2. The first-order chi connectivity index (χ1) is 15.5. The molecule has 3 aromatic rings. The van der Waals surface area contributed by atoms with Gasteiger partial charge in [0.05, 0.1) is 5.56 Å². The van der Waals surface area contributed by atoms with Crippen LogP contribution in [0.5, 0.6) is 5.75 Å². The largest absolute Gasteiger partial charge is 0.573 e. The molecule has 6 nitrogen and oxygen atoms in total. The van der Waals surface area contributed by atoms with Crippen molar-refractivity contribution in [2.45, 2.75) is 38.0 Å². The lowest BCUT2D eigenvalue weighted by Gasteiger charge is -2.22. The number of halogens is 6. The van der Waals surface area contributed by atoms with Crippen LogP contribution < -0.4 is 4.74 Å². The number of alkyl halides is 6. The third kappa shape index (κ3) is 5.26. The van der Waals surface area contributed by atoms with E-state index in [1.165, 1.54) is 29.2 Å². The molecule has 1 aromatic heterocycles. The van der Waals surface area contributed by atoms with Gasteiger partial charge in [-0.25, -0.2) is 0 Å². The quantitative estimate of drug-likeness (QED) is 0.459. The predicted molar refractivity (Wildman–Crippen MR) is 100 cm³/mol. The average Bonchev–Trinajstić information content (AvgIpc) is 3.35. The molecule has 1 aliphatic heterocycles. The molecule has 1 unspecified atom stereocenters. The topological polar surface area (TPSA) is 68.5 Å². The van der Waals surface area contributed by atoms with E-state index in [9.17, 15) is 31.1 Å². The molecular formula is C21H15F6N3O3. The van der Waals surface area contributed by atoms with Crippen LogP contribution in [0.15, 0.2) is 53.1 Å². The molecular weight excluding hydrogens is 456 g/mol. The van der Waals surface area contributed by atoms with Crippen LogP contribution in [0.1, 0.15) is 35.9 Å². The number of carbonyl (C=O) groups excluding carboxylic acids is 1. The van der Waals surface area contributed by atoms with Gasteiger partial charge in [-0.1, -0.05) is 29.4 Å². The van der Waals surface area contributed by atoms with Gasteiger partial charge in [-0.05, 0) is 36.2 Å². The Kier molecular flexibility index (Phi) is 5.76. The summed E-state index contributed by atoms with van der Waals surface area (Å²) in [4.78, 5) is 18.0. The summed E-state index contributed by atoms with van der Waals surface area (Å²) in [6.45, 7) is 0.0665. The van der Waals surface area contributed by atoms with Gasteiger partial charge in [-0.2, -0.15) is 18.2 Å². The van der Waals surface area contributed by atoms with Crippen molar-refractivity contribution in [2.75, 3.05) is 0 Å². The van der Waals surface area contributed by atoms with Crippen LogP contribution in [-0.4, -0.2) is 27.3 Å². The minimum absolute atomic E-state index is 0.0518. The molecule has 0 bridgehead atoms. The highest BCUT2D eigenvalue weighted by atomic mass is 19.4. The van der Waals surface area contributed by atoms with E-state index in [2.05, 4.69) is 14.9 Å². The second-order valence-electron chi connectivity index (χ2n) is 7.30. The first-order valence-corrected chi connectivity index (χ1v) is 9.65. The molecule has 1 aliphatic rings. The maximum Gasteiger partial charge on any atom is 0.573 e. The molecule has 1 atom stereocenters. The number of ether oxygens (including phenoxy) is 1. The van der Waals surface area contributed by atoms with Gasteiger partial charge in [-0.3, -0.25) is 4.79 Å². The van der Waals surface area contributed by atoms with E-state index >= 15 is 0 Å². The zero-order valence-electron chi connectivity index (χ0n) is 16.7. The Hall–Kier alpha value is -3.57. The van der Waals surface area contributed by atoms with Gasteiger partial charge in [0.1, 0.15) is 11.8 Å². The third-order valence-electron chi connectivity index (χ3n) is 5.01. The van der Waals surface area contributed by atoms with Gasteiger partial charge < -0.3 is 14.2 Å². The maximum atomic E-state index is 13.0. The summed E-state index contributed by atoms with van der Waals surface area (Å²) >= 11 is 0. The third-order valence-corrected chi connectivity index (χ3v) is 5.01. The zero-order chi connectivity index (χ0) is 23.8. The molecule has 0 N–H and O–H groups in total. The predicted octanol–water partition coefficient (Wildman–Crippen LogP) is 5.52. The molecule has 2 heterocycles. The Bertz CT molecular complexity index is 1140. The highest BCUT2D eigenvalue weighted by Crippen LogP contribution is 2.36. The van der Waals surface area contributed by atoms with Crippen molar-refractivity contribution in [3.63, 3.8) is 0 Å². The summed E-state index contributed by atoms with van der Waals surface area (Å²) in [5.41, 5.74) is -0.208. The van der Waals surface area contributed by atoms with Crippen LogP contribution in [-0.2, 0) is 17.5 Å².